The van der Waals surface area contributed by atoms with Crippen LogP contribution in [0.2, 0.25) is 0 Å². The van der Waals surface area contributed by atoms with Crippen LogP contribution in [-0.2, 0) is 5.41 Å². The van der Waals surface area contributed by atoms with Gasteiger partial charge in [0.25, 0.3) is 0 Å². The van der Waals surface area contributed by atoms with Crippen LogP contribution in [0.1, 0.15) is 42.3 Å². The second kappa shape index (κ2) is 11.4. The van der Waals surface area contributed by atoms with Crippen molar-refractivity contribution < 1.29 is 4.39 Å². The highest BCUT2D eigenvalue weighted by molar-refractivity contribution is 6.18. The smallest absolute Gasteiger partial charge is 0.150 e. The van der Waals surface area contributed by atoms with Crippen molar-refractivity contribution in [2.75, 3.05) is 4.90 Å². The molecular formula is C48H34FN5. The van der Waals surface area contributed by atoms with Crippen molar-refractivity contribution in [2.45, 2.75) is 25.4 Å². The van der Waals surface area contributed by atoms with Crippen molar-refractivity contribution in [3.05, 3.63) is 186 Å². The number of benzene rings is 6. The zero-order chi connectivity index (χ0) is 36.1. The number of hydrogen-bond acceptors (Lipinski definition) is 3. The van der Waals surface area contributed by atoms with E-state index in [1.807, 2.05) is 73.2 Å². The predicted molar refractivity (Wildman–Crippen MR) is 219 cm³/mol. The van der Waals surface area contributed by atoms with Crippen molar-refractivity contribution in [1.82, 2.24) is 18.9 Å². The molecule has 0 saturated heterocycles. The molecule has 5 heterocycles. The number of anilines is 3. The molecule has 0 fully saturated rings. The number of hydrogen-bond donors (Lipinski definition) is 0. The molecule has 0 radical (unpaired) electrons. The van der Waals surface area contributed by atoms with Crippen molar-refractivity contribution >= 4 is 66.3 Å². The summed E-state index contributed by atoms with van der Waals surface area (Å²) in [6, 6.07) is 50.0. The van der Waals surface area contributed by atoms with E-state index in [4.69, 9.17) is 9.97 Å². The van der Waals surface area contributed by atoms with E-state index in [0.717, 1.165) is 77.6 Å². The lowest BCUT2D eigenvalue weighted by Gasteiger charge is -2.41. The second-order valence-corrected chi connectivity index (χ2v) is 14.8. The van der Waals surface area contributed by atoms with E-state index in [9.17, 15) is 0 Å². The Labute approximate surface area is 311 Å². The predicted octanol–water partition coefficient (Wildman–Crippen LogP) is 12.3. The summed E-state index contributed by atoms with van der Waals surface area (Å²) in [5.41, 5.74) is 10.3. The molecule has 4 aromatic heterocycles. The van der Waals surface area contributed by atoms with Gasteiger partial charge in [-0.25, -0.2) is 14.4 Å². The summed E-state index contributed by atoms with van der Waals surface area (Å²) in [7, 11) is 0. The molecule has 5 nitrogen and oxygen atoms in total. The van der Waals surface area contributed by atoms with E-state index < -0.39 is 6.17 Å². The van der Waals surface area contributed by atoms with Gasteiger partial charge >= 0.3 is 0 Å². The minimum atomic E-state index is -1.37. The first-order chi connectivity index (χ1) is 26.5. The highest BCUT2D eigenvalue weighted by atomic mass is 19.1. The molecular weight excluding hydrogens is 666 g/mol. The molecule has 11 rings (SSSR count). The number of nitrogens with zero attached hydrogens (tertiary/aromatic N) is 5. The number of alkyl halides is 1. The maximum absolute atomic E-state index is 17.1. The Morgan fingerprint density at radius 3 is 2.19 bits per heavy atom. The Hall–Kier alpha value is -6.79. The molecule has 0 saturated carbocycles. The van der Waals surface area contributed by atoms with Gasteiger partial charge in [0.15, 0.2) is 6.17 Å². The maximum Gasteiger partial charge on any atom is 0.150 e. The van der Waals surface area contributed by atoms with E-state index in [0.29, 0.717) is 11.1 Å². The van der Waals surface area contributed by atoms with Gasteiger partial charge in [0, 0.05) is 62.5 Å². The third kappa shape index (κ3) is 4.25. The van der Waals surface area contributed by atoms with E-state index >= 15 is 4.39 Å². The standard InChI is InChI=1S/C48H34FN5/c1-48(2)38-23-24-42-43(36-17-7-9-20-41(36)53(42)32-13-4-3-5-14-32)45(38)54(47-39(48)18-11-25-50-47)33-15-10-12-30(28-33)44(49)31-21-22-34-35-16-6-8-19-40(35)52-27-26-51-46(52)37(34)29-31/h3-29,44H,1-2H3. The van der Waals surface area contributed by atoms with E-state index in [1.54, 1.807) is 0 Å². The Morgan fingerprint density at radius 1 is 0.556 bits per heavy atom. The molecule has 54 heavy (non-hydrogen) atoms. The summed E-state index contributed by atoms with van der Waals surface area (Å²) in [6.07, 6.45) is 4.27. The fourth-order valence-corrected chi connectivity index (χ4v) is 8.96. The second-order valence-electron chi connectivity index (χ2n) is 14.8. The Morgan fingerprint density at radius 2 is 1.31 bits per heavy atom. The molecule has 0 aliphatic carbocycles. The van der Waals surface area contributed by atoms with Crippen LogP contribution in [0.15, 0.2) is 164 Å². The first-order valence-electron chi connectivity index (χ1n) is 18.4. The summed E-state index contributed by atoms with van der Waals surface area (Å²) in [5, 5.41) is 5.39. The van der Waals surface area contributed by atoms with Gasteiger partial charge in [0.05, 0.1) is 22.2 Å². The molecule has 1 atom stereocenters. The summed E-state index contributed by atoms with van der Waals surface area (Å²) in [5.74, 6) is 0.853. The van der Waals surface area contributed by atoms with Crippen molar-refractivity contribution in [2.24, 2.45) is 0 Å². The Kier molecular flexibility index (Phi) is 6.48. The monoisotopic (exact) mass is 699 g/mol. The molecule has 0 amide bonds. The normalized spacial score (nSPS) is 14.2. The topological polar surface area (TPSA) is 38.4 Å². The molecule has 1 unspecified atom stereocenters. The molecule has 258 valence electrons. The summed E-state index contributed by atoms with van der Waals surface area (Å²) in [6.45, 7) is 4.55. The van der Waals surface area contributed by atoms with Crippen molar-refractivity contribution in [3.63, 3.8) is 0 Å². The molecule has 6 heteroatoms. The minimum absolute atomic E-state index is 0.340. The van der Waals surface area contributed by atoms with Gasteiger partial charge in [-0.15, -0.1) is 0 Å². The van der Waals surface area contributed by atoms with Gasteiger partial charge in [0.2, 0.25) is 0 Å². The van der Waals surface area contributed by atoms with Gasteiger partial charge in [0.1, 0.15) is 11.5 Å². The summed E-state index contributed by atoms with van der Waals surface area (Å²) in [4.78, 5) is 12.0. The van der Waals surface area contributed by atoms with E-state index in [-0.39, 0.29) is 5.41 Å². The highest BCUT2D eigenvalue weighted by Crippen LogP contribution is 2.55. The average Bonchev–Trinajstić information content (AvgIpc) is 3.85. The third-order valence-corrected chi connectivity index (χ3v) is 11.5. The van der Waals surface area contributed by atoms with Crippen LogP contribution >= 0.6 is 0 Å². The largest absolute Gasteiger partial charge is 0.309 e. The van der Waals surface area contributed by atoms with Gasteiger partial charge in [-0.2, -0.15) is 0 Å². The van der Waals surface area contributed by atoms with E-state index in [2.05, 4.69) is 119 Å². The number of fused-ring (bicyclic) bond motifs is 12. The summed E-state index contributed by atoms with van der Waals surface area (Å²) < 4.78 is 21.5. The minimum Gasteiger partial charge on any atom is -0.309 e. The number of aromatic nitrogens is 4. The van der Waals surface area contributed by atoms with Crippen LogP contribution in [0.25, 0.3) is 54.8 Å². The van der Waals surface area contributed by atoms with E-state index in [1.165, 1.54) is 5.56 Å². The lowest BCUT2D eigenvalue weighted by atomic mass is 9.74. The lowest BCUT2D eigenvalue weighted by Crippen LogP contribution is -2.31. The van der Waals surface area contributed by atoms with Crippen LogP contribution in [0.4, 0.5) is 21.6 Å². The molecule has 6 aromatic carbocycles. The average molecular weight is 700 g/mol. The number of halogens is 1. The first-order valence-corrected chi connectivity index (χ1v) is 18.4. The zero-order valence-corrected chi connectivity index (χ0v) is 29.8. The maximum atomic E-state index is 17.1. The highest BCUT2D eigenvalue weighted by Gasteiger charge is 2.40. The van der Waals surface area contributed by atoms with Crippen LogP contribution in [0, 0.1) is 0 Å². The fraction of sp³-hybridized carbons (Fsp3) is 0.0833. The Bertz CT molecular complexity index is 3120. The fourth-order valence-electron chi connectivity index (χ4n) is 8.96. The molecule has 1 aliphatic heterocycles. The zero-order valence-electron chi connectivity index (χ0n) is 29.8. The summed E-state index contributed by atoms with van der Waals surface area (Å²) >= 11 is 0. The molecule has 0 N–H and O–H groups in total. The Balaban J connectivity index is 1.13. The first kappa shape index (κ1) is 30.8. The third-order valence-electron chi connectivity index (χ3n) is 11.5. The molecule has 0 spiro atoms. The lowest BCUT2D eigenvalue weighted by molar-refractivity contribution is 0.402. The van der Waals surface area contributed by atoms with Gasteiger partial charge < -0.3 is 4.57 Å². The van der Waals surface area contributed by atoms with Crippen LogP contribution in [-0.4, -0.2) is 18.9 Å². The number of rotatable bonds is 4. The van der Waals surface area contributed by atoms with Crippen LogP contribution < -0.4 is 4.90 Å². The van der Waals surface area contributed by atoms with Crippen LogP contribution in [0.5, 0.6) is 0 Å². The molecule has 0 bridgehead atoms. The van der Waals surface area contributed by atoms with Crippen molar-refractivity contribution in [3.8, 4) is 5.69 Å². The number of imidazole rings is 1. The van der Waals surface area contributed by atoms with Crippen LogP contribution in [0.3, 0.4) is 0 Å². The van der Waals surface area contributed by atoms with Gasteiger partial charge in [-0.05, 0) is 76.7 Å². The van der Waals surface area contributed by atoms with Crippen molar-refractivity contribution in [1.29, 1.82) is 0 Å². The van der Waals surface area contributed by atoms with Gasteiger partial charge in [-0.3, -0.25) is 9.30 Å². The van der Waals surface area contributed by atoms with Gasteiger partial charge in [-0.1, -0.05) is 105 Å². The quantitative estimate of drug-likeness (QED) is 0.172. The number of pyridine rings is 2. The number of para-hydroxylation sites is 3. The molecule has 10 aromatic rings. The SMILES string of the molecule is CC1(C)c2cccnc2N(c2cccc(C(F)c3ccc4c5ccccc5n5ccnc5c4c3)c2)c2c1ccc1c2c2ccccc2n1-c1ccccc1. The molecule has 1 aliphatic rings.